The molecule has 1 aliphatic rings. The van der Waals surface area contributed by atoms with Crippen molar-refractivity contribution in [3.63, 3.8) is 0 Å². The second-order valence-electron chi connectivity index (χ2n) is 11.0. The van der Waals surface area contributed by atoms with E-state index >= 15 is 0 Å². The van der Waals surface area contributed by atoms with E-state index in [0.717, 1.165) is 46.0 Å². The second-order valence-corrected chi connectivity index (χ2v) is 12.9. The SMILES string of the molecule is CC(C)OC(=O)Nc1ccc(-c2cnc(C3CCC(NC(=O)OC(C)C)CC3)s2)c(SNC(C)(C)C)c1. The monoisotopic (exact) mass is 548 g/mol. The summed E-state index contributed by atoms with van der Waals surface area (Å²) in [5.74, 6) is 0.383. The molecule has 0 radical (unpaired) electrons. The molecule has 0 unspecified atom stereocenters. The van der Waals surface area contributed by atoms with E-state index in [9.17, 15) is 9.59 Å². The number of anilines is 1. The third-order valence-electron chi connectivity index (χ3n) is 5.57. The van der Waals surface area contributed by atoms with Crippen LogP contribution in [-0.4, -0.2) is 41.0 Å². The molecule has 10 heteroatoms. The summed E-state index contributed by atoms with van der Waals surface area (Å²) in [7, 11) is 0. The molecule has 3 N–H and O–H groups in total. The van der Waals surface area contributed by atoms with Crippen LogP contribution in [0.15, 0.2) is 29.3 Å². The number of carbonyl (C=O) groups is 2. The molecule has 0 aliphatic heterocycles. The number of aromatic nitrogens is 1. The van der Waals surface area contributed by atoms with Crippen LogP contribution in [0.3, 0.4) is 0 Å². The standard InChI is InChI=1S/C27H40N4O4S2/c1-16(2)34-25(32)29-19-10-8-18(9-11-19)24-28-15-23(36-24)21-13-12-20(30-26(33)35-17(3)4)14-22(21)37-31-27(5,6)7/h12-19,31H,8-11H2,1-7H3,(H,29,32)(H,30,33). The highest BCUT2D eigenvalue weighted by Gasteiger charge is 2.26. The number of amides is 2. The molecule has 37 heavy (non-hydrogen) atoms. The number of benzene rings is 1. The Labute approximate surface area is 228 Å². The Kier molecular flexibility index (Phi) is 10.3. The lowest BCUT2D eigenvalue weighted by Crippen LogP contribution is -2.38. The molecule has 204 valence electrons. The van der Waals surface area contributed by atoms with Gasteiger partial charge in [-0.05, 0) is 98.2 Å². The highest BCUT2D eigenvalue weighted by molar-refractivity contribution is 7.97. The Bertz CT molecular complexity index is 1060. The van der Waals surface area contributed by atoms with Crippen LogP contribution in [0.2, 0.25) is 0 Å². The normalized spacial score (nSPS) is 18.1. The number of nitrogens with zero attached hydrogens (tertiary/aromatic N) is 1. The van der Waals surface area contributed by atoms with Crippen LogP contribution >= 0.6 is 23.3 Å². The highest BCUT2D eigenvalue weighted by atomic mass is 32.2. The van der Waals surface area contributed by atoms with Crippen molar-refractivity contribution in [3.05, 3.63) is 29.4 Å². The first kappa shape index (κ1) is 29.3. The number of hydrogen-bond acceptors (Lipinski definition) is 8. The molecule has 1 heterocycles. The van der Waals surface area contributed by atoms with Gasteiger partial charge in [0.25, 0.3) is 0 Å². The summed E-state index contributed by atoms with van der Waals surface area (Å²) in [4.78, 5) is 30.9. The largest absolute Gasteiger partial charge is 0.447 e. The fourth-order valence-electron chi connectivity index (χ4n) is 3.96. The highest BCUT2D eigenvalue weighted by Crippen LogP contribution is 2.41. The van der Waals surface area contributed by atoms with Gasteiger partial charge in [-0.1, -0.05) is 6.07 Å². The predicted octanol–water partition coefficient (Wildman–Crippen LogP) is 7.32. The molecular formula is C27H40N4O4S2. The van der Waals surface area contributed by atoms with E-state index in [0.29, 0.717) is 11.6 Å². The fourth-order valence-corrected chi connectivity index (χ4v) is 6.04. The molecular weight excluding hydrogens is 508 g/mol. The van der Waals surface area contributed by atoms with Gasteiger partial charge in [0.1, 0.15) is 0 Å². The minimum Gasteiger partial charge on any atom is -0.447 e. The summed E-state index contributed by atoms with van der Waals surface area (Å²) >= 11 is 3.26. The smallest absolute Gasteiger partial charge is 0.411 e. The van der Waals surface area contributed by atoms with Crippen LogP contribution in [0.5, 0.6) is 0 Å². The van der Waals surface area contributed by atoms with Crippen LogP contribution in [0.1, 0.15) is 85.1 Å². The van der Waals surface area contributed by atoms with Crippen LogP contribution in [0, 0.1) is 0 Å². The molecule has 3 rings (SSSR count). The van der Waals surface area contributed by atoms with Crippen molar-refractivity contribution in [2.24, 2.45) is 0 Å². The lowest BCUT2D eigenvalue weighted by Gasteiger charge is -2.28. The van der Waals surface area contributed by atoms with Gasteiger partial charge in [0.15, 0.2) is 0 Å². The third kappa shape index (κ3) is 9.50. The molecule has 1 aromatic heterocycles. The van der Waals surface area contributed by atoms with Gasteiger partial charge in [0.05, 0.1) is 22.1 Å². The molecule has 8 nitrogen and oxygen atoms in total. The van der Waals surface area contributed by atoms with E-state index in [1.165, 1.54) is 0 Å². The predicted molar refractivity (Wildman–Crippen MR) is 151 cm³/mol. The van der Waals surface area contributed by atoms with Gasteiger partial charge in [-0.15, -0.1) is 11.3 Å². The number of alkyl carbamates (subject to hydrolysis) is 1. The first-order valence-electron chi connectivity index (χ1n) is 12.9. The van der Waals surface area contributed by atoms with E-state index in [2.05, 4.69) is 36.1 Å². The van der Waals surface area contributed by atoms with Gasteiger partial charge in [0.2, 0.25) is 0 Å². The summed E-state index contributed by atoms with van der Waals surface area (Å²) < 4.78 is 13.9. The summed E-state index contributed by atoms with van der Waals surface area (Å²) in [6, 6.07) is 6.03. The van der Waals surface area contributed by atoms with E-state index in [4.69, 9.17) is 14.5 Å². The third-order valence-corrected chi connectivity index (χ3v) is 8.03. The summed E-state index contributed by atoms with van der Waals surface area (Å²) in [6.07, 6.45) is 4.62. The minimum absolute atomic E-state index is 0.0882. The zero-order chi connectivity index (χ0) is 27.2. The van der Waals surface area contributed by atoms with Gasteiger partial charge < -0.3 is 14.8 Å². The quantitative estimate of drug-likeness (QED) is 0.297. The zero-order valence-electron chi connectivity index (χ0n) is 22.8. The number of nitrogens with one attached hydrogen (secondary N) is 3. The maximum atomic E-state index is 12.1. The maximum absolute atomic E-state index is 12.1. The van der Waals surface area contributed by atoms with E-state index in [1.54, 1.807) is 23.3 Å². The Hall–Kier alpha value is -2.30. The van der Waals surface area contributed by atoms with Crippen LogP contribution in [0.25, 0.3) is 10.4 Å². The molecule has 0 spiro atoms. The lowest BCUT2D eigenvalue weighted by atomic mass is 9.86. The van der Waals surface area contributed by atoms with Crippen molar-refractivity contribution >= 4 is 41.2 Å². The Morgan fingerprint density at radius 2 is 1.68 bits per heavy atom. The molecule has 0 bridgehead atoms. The molecule has 1 fully saturated rings. The molecule has 0 saturated heterocycles. The molecule has 1 aliphatic carbocycles. The average molecular weight is 549 g/mol. The van der Waals surface area contributed by atoms with Crippen LogP contribution in [-0.2, 0) is 9.47 Å². The number of ether oxygens (including phenoxy) is 2. The zero-order valence-corrected chi connectivity index (χ0v) is 24.5. The molecule has 0 atom stereocenters. The number of thiazole rings is 1. The minimum atomic E-state index is -0.467. The maximum Gasteiger partial charge on any atom is 0.411 e. The van der Waals surface area contributed by atoms with Crippen molar-refractivity contribution in [2.75, 3.05) is 5.32 Å². The Balaban J connectivity index is 1.71. The first-order chi connectivity index (χ1) is 17.4. The van der Waals surface area contributed by atoms with Gasteiger partial charge >= 0.3 is 12.2 Å². The summed E-state index contributed by atoms with van der Waals surface area (Å²) in [6.45, 7) is 13.7. The summed E-state index contributed by atoms with van der Waals surface area (Å²) in [5.41, 5.74) is 1.66. The van der Waals surface area contributed by atoms with Crippen molar-refractivity contribution < 1.29 is 19.1 Å². The number of hydrogen-bond donors (Lipinski definition) is 3. The number of carbonyl (C=O) groups excluding carboxylic acids is 2. The summed E-state index contributed by atoms with van der Waals surface area (Å²) in [5, 5.41) is 6.94. The van der Waals surface area contributed by atoms with Crippen LogP contribution in [0.4, 0.5) is 15.3 Å². The van der Waals surface area contributed by atoms with Gasteiger partial charge in [0, 0.05) is 39.8 Å². The van der Waals surface area contributed by atoms with E-state index in [-0.39, 0.29) is 29.9 Å². The fraction of sp³-hybridized carbons (Fsp3) is 0.593. The van der Waals surface area contributed by atoms with Crippen LogP contribution < -0.4 is 15.4 Å². The molecule has 1 aromatic carbocycles. The topological polar surface area (TPSA) is 102 Å². The van der Waals surface area contributed by atoms with Crippen molar-refractivity contribution in [1.29, 1.82) is 0 Å². The molecule has 2 aromatic rings. The van der Waals surface area contributed by atoms with Crippen molar-refractivity contribution in [2.45, 2.75) is 109 Å². The Morgan fingerprint density at radius 3 is 2.30 bits per heavy atom. The van der Waals surface area contributed by atoms with Gasteiger partial charge in [-0.25, -0.2) is 14.6 Å². The van der Waals surface area contributed by atoms with E-state index < -0.39 is 6.09 Å². The van der Waals surface area contributed by atoms with E-state index in [1.807, 2.05) is 52.1 Å². The Morgan fingerprint density at radius 1 is 1.03 bits per heavy atom. The van der Waals surface area contributed by atoms with Crippen molar-refractivity contribution in [1.82, 2.24) is 15.0 Å². The van der Waals surface area contributed by atoms with Gasteiger partial charge in [-0.2, -0.15) is 0 Å². The second kappa shape index (κ2) is 13.0. The molecule has 2 amide bonds. The molecule has 1 saturated carbocycles. The average Bonchev–Trinajstić information content (AvgIpc) is 3.26. The first-order valence-corrected chi connectivity index (χ1v) is 14.5. The lowest BCUT2D eigenvalue weighted by molar-refractivity contribution is 0.109. The van der Waals surface area contributed by atoms with Gasteiger partial charge in [-0.3, -0.25) is 10.0 Å². The number of rotatable bonds is 8. The van der Waals surface area contributed by atoms with Crippen molar-refractivity contribution in [3.8, 4) is 10.4 Å².